The van der Waals surface area contributed by atoms with Crippen LogP contribution in [0.15, 0.2) is 16.6 Å². The number of nitro benzene ring substituents is 1. The van der Waals surface area contributed by atoms with E-state index in [-0.39, 0.29) is 22.8 Å². The minimum Gasteiger partial charge on any atom is -0.394 e. The van der Waals surface area contributed by atoms with Gasteiger partial charge in [0.15, 0.2) is 0 Å². The highest BCUT2D eigenvalue weighted by Crippen LogP contribution is 2.36. The van der Waals surface area contributed by atoms with Crippen molar-refractivity contribution in [3.8, 4) is 0 Å². The summed E-state index contributed by atoms with van der Waals surface area (Å²) < 4.78 is 13.6. The van der Waals surface area contributed by atoms with E-state index in [2.05, 4.69) is 15.9 Å². The van der Waals surface area contributed by atoms with Crippen molar-refractivity contribution in [2.24, 2.45) is 0 Å². The molecule has 1 aliphatic heterocycles. The lowest BCUT2D eigenvalue weighted by molar-refractivity contribution is -0.384. The van der Waals surface area contributed by atoms with E-state index in [1.165, 1.54) is 6.07 Å². The summed E-state index contributed by atoms with van der Waals surface area (Å²) in [6.07, 6.45) is 2.67. The second kappa shape index (κ2) is 5.83. The molecule has 0 spiro atoms. The number of nitro groups is 1. The van der Waals surface area contributed by atoms with Crippen molar-refractivity contribution in [1.82, 2.24) is 0 Å². The zero-order valence-corrected chi connectivity index (χ0v) is 11.8. The van der Waals surface area contributed by atoms with Gasteiger partial charge in [0.05, 0.1) is 28.1 Å². The Hall–Kier alpha value is -1.21. The van der Waals surface area contributed by atoms with Gasteiger partial charge in [-0.25, -0.2) is 4.39 Å². The Morgan fingerprint density at radius 2 is 2.26 bits per heavy atom. The van der Waals surface area contributed by atoms with Gasteiger partial charge in [-0.05, 0) is 41.3 Å². The normalized spacial score (nSPS) is 19.5. The van der Waals surface area contributed by atoms with Gasteiger partial charge in [-0.3, -0.25) is 10.1 Å². The molecule has 1 saturated heterocycles. The molecule has 1 atom stereocenters. The molecule has 0 bridgehead atoms. The van der Waals surface area contributed by atoms with Crippen molar-refractivity contribution in [2.45, 2.75) is 25.3 Å². The van der Waals surface area contributed by atoms with Crippen molar-refractivity contribution in [1.29, 1.82) is 0 Å². The van der Waals surface area contributed by atoms with Crippen LogP contribution in [-0.4, -0.2) is 29.2 Å². The standard InChI is InChI=1S/C12H14BrFN2O3/c13-9-5-11(12(16(18)19)6-10(9)14)15-4-2-1-3-8(15)7-17/h5-6,8,17H,1-4,7H2. The summed E-state index contributed by atoms with van der Waals surface area (Å²) in [6.45, 7) is 0.566. The van der Waals surface area contributed by atoms with E-state index in [1.807, 2.05) is 0 Å². The number of halogens is 2. The first-order valence-electron chi connectivity index (χ1n) is 6.05. The Bertz CT molecular complexity index is 498. The number of hydrogen-bond acceptors (Lipinski definition) is 4. The van der Waals surface area contributed by atoms with Crippen LogP contribution in [-0.2, 0) is 0 Å². The van der Waals surface area contributed by atoms with E-state index >= 15 is 0 Å². The maximum atomic E-state index is 13.4. The van der Waals surface area contributed by atoms with Gasteiger partial charge in [0, 0.05) is 6.54 Å². The predicted octanol–water partition coefficient (Wildman–Crippen LogP) is 2.85. The summed E-state index contributed by atoms with van der Waals surface area (Å²) in [4.78, 5) is 12.3. The SMILES string of the molecule is O=[N+]([O-])c1cc(F)c(Br)cc1N1CCCCC1CO. The van der Waals surface area contributed by atoms with Gasteiger partial charge in [-0.2, -0.15) is 0 Å². The Morgan fingerprint density at radius 1 is 1.53 bits per heavy atom. The first-order valence-corrected chi connectivity index (χ1v) is 6.85. The maximum absolute atomic E-state index is 13.4. The first-order chi connectivity index (χ1) is 9.04. The minimum absolute atomic E-state index is 0.0633. The highest BCUT2D eigenvalue weighted by atomic mass is 79.9. The highest BCUT2D eigenvalue weighted by Gasteiger charge is 2.28. The second-order valence-corrected chi connectivity index (χ2v) is 5.39. The molecule has 1 aromatic carbocycles. The Morgan fingerprint density at radius 3 is 2.89 bits per heavy atom. The third-order valence-electron chi connectivity index (χ3n) is 3.36. The smallest absolute Gasteiger partial charge is 0.295 e. The molecule has 0 saturated carbocycles. The van der Waals surface area contributed by atoms with E-state index in [0.717, 1.165) is 25.3 Å². The monoisotopic (exact) mass is 332 g/mol. The van der Waals surface area contributed by atoms with Gasteiger partial charge in [0.2, 0.25) is 0 Å². The van der Waals surface area contributed by atoms with Gasteiger partial charge >= 0.3 is 0 Å². The fourth-order valence-electron chi connectivity index (χ4n) is 2.41. The molecular formula is C12H14BrFN2O3. The van der Waals surface area contributed by atoms with Crippen molar-refractivity contribution in [3.05, 3.63) is 32.5 Å². The molecular weight excluding hydrogens is 319 g/mol. The lowest BCUT2D eigenvalue weighted by Gasteiger charge is -2.36. The van der Waals surface area contributed by atoms with Gasteiger partial charge in [-0.15, -0.1) is 0 Å². The summed E-state index contributed by atoms with van der Waals surface area (Å²) in [5, 5.41) is 20.4. The summed E-state index contributed by atoms with van der Waals surface area (Å²) in [7, 11) is 0. The third kappa shape index (κ3) is 2.87. The molecule has 1 heterocycles. The van der Waals surface area contributed by atoms with Crippen LogP contribution in [0, 0.1) is 15.9 Å². The largest absolute Gasteiger partial charge is 0.394 e. The number of aliphatic hydroxyl groups is 1. The molecule has 1 N–H and O–H groups in total. The number of hydrogen-bond donors (Lipinski definition) is 1. The first kappa shape index (κ1) is 14.2. The van der Waals surface area contributed by atoms with E-state index in [4.69, 9.17) is 0 Å². The lowest BCUT2D eigenvalue weighted by Crippen LogP contribution is -2.42. The molecule has 1 fully saturated rings. The van der Waals surface area contributed by atoms with Gasteiger partial charge in [-0.1, -0.05) is 0 Å². The Balaban J connectivity index is 2.47. The number of benzene rings is 1. The van der Waals surface area contributed by atoms with Crippen LogP contribution in [0.3, 0.4) is 0 Å². The molecule has 1 aliphatic rings. The number of piperidine rings is 1. The van der Waals surface area contributed by atoms with Crippen LogP contribution in [0.25, 0.3) is 0 Å². The van der Waals surface area contributed by atoms with Gasteiger partial charge in [0.25, 0.3) is 5.69 Å². The van der Waals surface area contributed by atoms with E-state index in [0.29, 0.717) is 12.2 Å². The quantitative estimate of drug-likeness (QED) is 0.682. The molecule has 2 rings (SSSR count). The van der Waals surface area contributed by atoms with Crippen LogP contribution in [0.4, 0.5) is 15.8 Å². The lowest BCUT2D eigenvalue weighted by atomic mass is 10.0. The Kier molecular flexibility index (Phi) is 4.36. The third-order valence-corrected chi connectivity index (χ3v) is 3.97. The van der Waals surface area contributed by atoms with Crippen molar-refractivity contribution < 1.29 is 14.4 Å². The van der Waals surface area contributed by atoms with Crippen LogP contribution >= 0.6 is 15.9 Å². The maximum Gasteiger partial charge on any atom is 0.295 e. The average Bonchev–Trinajstić information content (AvgIpc) is 2.41. The molecule has 7 heteroatoms. The Labute approximate surface area is 118 Å². The highest BCUT2D eigenvalue weighted by molar-refractivity contribution is 9.10. The molecule has 19 heavy (non-hydrogen) atoms. The molecule has 0 aliphatic carbocycles. The number of rotatable bonds is 3. The van der Waals surface area contributed by atoms with E-state index in [9.17, 15) is 19.6 Å². The second-order valence-electron chi connectivity index (χ2n) is 4.54. The summed E-state index contributed by atoms with van der Waals surface area (Å²) >= 11 is 3.05. The molecule has 1 aromatic rings. The van der Waals surface area contributed by atoms with Crippen molar-refractivity contribution >= 4 is 27.3 Å². The molecule has 0 radical (unpaired) electrons. The predicted molar refractivity (Wildman–Crippen MR) is 72.8 cm³/mol. The fraction of sp³-hybridized carbons (Fsp3) is 0.500. The van der Waals surface area contributed by atoms with Crippen molar-refractivity contribution in [2.75, 3.05) is 18.1 Å². The number of nitrogens with zero attached hydrogens (tertiary/aromatic N) is 2. The molecule has 0 amide bonds. The average molecular weight is 333 g/mol. The van der Waals surface area contributed by atoms with Gasteiger partial charge < -0.3 is 10.0 Å². The van der Waals surface area contributed by atoms with Crippen LogP contribution in [0.5, 0.6) is 0 Å². The zero-order chi connectivity index (χ0) is 14.0. The molecule has 1 unspecified atom stereocenters. The van der Waals surface area contributed by atoms with E-state index in [1.54, 1.807) is 4.90 Å². The fourth-order valence-corrected chi connectivity index (χ4v) is 2.74. The topological polar surface area (TPSA) is 66.6 Å². The number of anilines is 1. The van der Waals surface area contributed by atoms with Crippen LogP contribution in [0.1, 0.15) is 19.3 Å². The van der Waals surface area contributed by atoms with Crippen LogP contribution in [0.2, 0.25) is 0 Å². The molecule has 5 nitrogen and oxygen atoms in total. The zero-order valence-electron chi connectivity index (χ0n) is 10.2. The summed E-state index contributed by atoms with van der Waals surface area (Å²) in [6, 6.07) is 2.19. The van der Waals surface area contributed by atoms with E-state index < -0.39 is 10.7 Å². The number of aliphatic hydroxyl groups excluding tert-OH is 1. The van der Waals surface area contributed by atoms with Crippen molar-refractivity contribution in [3.63, 3.8) is 0 Å². The molecule has 0 aromatic heterocycles. The molecule has 104 valence electrons. The van der Waals surface area contributed by atoms with Gasteiger partial charge in [0.1, 0.15) is 11.5 Å². The minimum atomic E-state index is -0.659. The summed E-state index contributed by atoms with van der Waals surface area (Å²) in [5.41, 5.74) is 0.0954. The van der Waals surface area contributed by atoms with Crippen LogP contribution < -0.4 is 4.90 Å². The summed E-state index contributed by atoms with van der Waals surface area (Å²) in [5.74, 6) is -0.659.